The summed E-state index contributed by atoms with van der Waals surface area (Å²) in [6.07, 6.45) is 3.33. The van der Waals surface area contributed by atoms with Gasteiger partial charge in [-0.05, 0) is 44.1 Å². The van der Waals surface area contributed by atoms with Crippen LogP contribution in [-0.4, -0.2) is 37.0 Å². The third kappa shape index (κ3) is 2.71. The van der Waals surface area contributed by atoms with E-state index in [0.29, 0.717) is 17.2 Å². The maximum atomic E-state index is 12.7. The molecule has 2 aliphatic heterocycles. The van der Waals surface area contributed by atoms with E-state index in [1.807, 2.05) is 0 Å². The highest BCUT2D eigenvalue weighted by Gasteiger charge is 2.41. The van der Waals surface area contributed by atoms with E-state index in [1.54, 1.807) is 0 Å². The van der Waals surface area contributed by atoms with Crippen LogP contribution < -0.4 is 5.32 Å². The van der Waals surface area contributed by atoms with Gasteiger partial charge < -0.3 is 10.2 Å². The molecule has 2 fully saturated rings. The first-order valence-electron chi connectivity index (χ1n) is 7.33. The van der Waals surface area contributed by atoms with Crippen LogP contribution in [0.1, 0.15) is 47.0 Å². The summed E-state index contributed by atoms with van der Waals surface area (Å²) in [6.45, 7) is 12.8. The molecular weight excluding hydrogens is 224 g/mol. The van der Waals surface area contributed by atoms with Crippen molar-refractivity contribution in [1.29, 1.82) is 0 Å². The minimum Gasteiger partial charge on any atom is -0.342 e. The standard InChI is InChI=1S/C15H28N2O/c1-14(2,3)12-6-9-17(10-12)13(18)15(4)7-5-8-16-11-15/h12,16H,5-11H2,1-4H3. The maximum Gasteiger partial charge on any atom is 0.229 e. The number of piperidine rings is 1. The van der Waals surface area contributed by atoms with E-state index in [4.69, 9.17) is 0 Å². The molecule has 3 heteroatoms. The maximum absolute atomic E-state index is 12.7. The molecule has 0 aromatic heterocycles. The largest absolute Gasteiger partial charge is 0.342 e. The van der Waals surface area contributed by atoms with Gasteiger partial charge in [-0.15, -0.1) is 0 Å². The molecule has 0 aromatic carbocycles. The van der Waals surface area contributed by atoms with Gasteiger partial charge in [-0.3, -0.25) is 4.79 Å². The van der Waals surface area contributed by atoms with Crippen LogP contribution in [-0.2, 0) is 4.79 Å². The van der Waals surface area contributed by atoms with Crippen LogP contribution >= 0.6 is 0 Å². The first-order valence-corrected chi connectivity index (χ1v) is 7.33. The van der Waals surface area contributed by atoms with Gasteiger partial charge in [0.25, 0.3) is 0 Å². The summed E-state index contributed by atoms with van der Waals surface area (Å²) < 4.78 is 0. The van der Waals surface area contributed by atoms with Gasteiger partial charge in [-0.2, -0.15) is 0 Å². The highest BCUT2D eigenvalue weighted by Crippen LogP contribution is 2.36. The van der Waals surface area contributed by atoms with Crippen molar-refractivity contribution in [2.45, 2.75) is 47.0 Å². The van der Waals surface area contributed by atoms with Gasteiger partial charge in [-0.1, -0.05) is 20.8 Å². The molecule has 18 heavy (non-hydrogen) atoms. The number of carbonyl (C=O) groups is 1. The summed E-state index contributed by atoms with van der Waals surface area (Å²) in [5.41, 5.74) is 0.159. The average Bonchev–Trinajstić information content (AvgIpc) is 2.77. The van der Waals surface area contributed by atoms with Gasteiger partial charge in [0, 0.05) is 19.6 Å². The fourth-order valence-electron chi connectivity index (χ4n) is 3.27. The predicted molar refractivity (Wildman–Crippen MR) is 74.4 cm³/mol. The number of carbonyl (C=O) groups excluding carboxylic acids is 1. The Morgan fingerprint density at radius 2 is 2.11 bits per heavy atom. The number of likely N-dealkylation sites (tertiary alicyclic amines) is 1. The van der Waals surface area contributed by atoms with Crippen LogP contribution in [0.2, 0.25) is 0 Å². The molecule has 104 valence electrons. The Hall–Kier alpha value is -0.570. The van der Waals surface area contributed by atoms with Gasteiger partial charge >= 0.3 is 0 Å². The highest BCUT2D eigenvalue weighted by molar-refractivity contribution is 5.83. The summed E-state index contributed by atoms with van der Waals surface area (Å²) >= 11 is 0. The minimum atomic E-state index is -0.162. The molecule has 0 bridgehead atoms. The Morgan fingerprint density at radius 1 is 1.39 bits per heavy atom. The molecule has 0 spiro atoms. The van der Waals surface area contributed by atoms with Crippen LogP contribution in [0, 0.1) is 16.7 Å². The predicted octanol–water partition coefficient (Wildman–Crippen LogP) is 2.27. The lowest BCUT2D eigenvalue weighted by molar-refractivity contribution is -0.141. The molecule has 2 rings (SSSR count). The zero-order chi connectivity index (χ0) is 13.4. The van der Waals surface area contributed by atoms with E-state index >= 15 is 0 Å². The monoisotopic (exact) mass is 252 g/mol. The lowest BCUT2D eigenvalue weighted by Crippen LogP contribution is -2.49. The number of nitrogens with zero attached hydrogens (tertiary/aromatic N) is 1. The van der Waals surface area contributed by atoms with Crippen molar-refractivity contribution in [2.75, 3.05) is 26.2 Å². The lowest BCUT2D eigenvalue weighted by atomic mass is 9.80. The van der Waals surface area contributed by atoms with Gasteiger partial charge in [0.15, 0.2) is 0 Å². The molecule has 2 aliphatic rings. The molecule has 0 aromatic rings. The normalized spacial score (nSPS) is 33.8. The van der Waals surface area contributed by atoms with Crippen LogP contribution in [0.5, 0.6) is 0 Å². The lowest BCUT2D eigenvalue weighted by Gasteiger charge is -2.36. The van der Waals surface area contributed by atoms with Crippen LogP contribution in [0.3, 0.4) is 0 Å². The second kappa shape index (κ2) is 4.84. The van der Waals surface area contributed by atoms with Gasteiger partial charge in [0.05, 0.1) is 5.41 Å². The first kappa shape index (κ1) is 13.9. The molecule has 2 heterocycles. The number of rotatable bonds is 1. The van der Waals surface area contributed by atoms with Gasteiger partial charge in [-0.25, -0.2) is 0 Å². The summed E-state index contributed by atoms with van der Waals surface area (Å²) in [5, 5.41) is 3.37. The Labute approximate surface area is 111 Å². The average molecular weight is 252 g/mol. The van der Waals surface area contributed by atoms with Crippen molar-refractivity contribution in [3.63, 3.8) is 0 Å². The summed E-state index contributed by atoms with van der Waals surface area (Å²) in [5.74, 6) is 1.03. The van der Waals surface area contributed by atoms with E-state index in [2.05, 4.69) is 37.9 Å². The SMILES string of the molecule is CC1(C(=O)N2CCC(C(C)(C)C)C2)CCCNC1. The Balaban J connectivity index is 1.99. The molecule has 3 nitrogen and oxygen atoms in total. The minimum absolute atomic E-state index is 0.162. The summed E-state index contributed by atoms with van der Waals surface area (Å²) in [4.78, 5) is 14.8. The fraction of sp³-hybridized carbons (Fsp3) is 0.933. The van der Waals surface area contributed by atoms with Crippen molar-refractivity contribution in [3.05, 3.63) is 0 Å². The molecule has 2 atom stereocenters. The second-order valence-corrected chi connectivity index (χ2v) is 7.44. The molecule has 1 N–H and O–H groups in total. The highest BCUT2D eigenvalue weighted by atomic mass is 16.2. The molecule has 2 unspecified atom stereocenters. The Bertz CT molecular complexity index is 313. The Morgan fingerprint density at radius 3 is 2.61 bits per heavy atom. The molecular formula is C15H28N2O. The van der Waals surface area contributed by atoms with E-state index in [-0.39, 0.29) is 5.41 Å². The zero-order valence-electron chi connectivity index (χ0n) is 12.4. The second-order valence-electron chi connectivity index (χ2n) is 7.44. The molecule has 0 saturated carbocycles. The van der Waals surface area contributed by atoms with Crippen molar-refractivity contribution in [1.82, 2.24) is 10.2 Å². The fourth-order valence-corrected chi connectivity index (χ4v) is 3.27. The number of hydrogen-bond donors (Lipinski definition) is 1. The Kier molecular flexibility index (Phi) is 3.72. The quantitative estimate of drug-likeness (QED) is 0.776. The first-order chi connectivity index (χ1) is 8.33. The van der Waals surface area contributed by atoms with Gasteiger partial charge in [0.1, 0.15) is 0 Å². The van der Waals surface area contributed by atoms with E-state index in [1.165, 1.54) is 6.42 Å². The topological polar surface area (TPSA) is 32.3 Å². The van der Waals surface area contributed by atoms with Crippen LogP contribution in [0.15, 0.2) is 0 Å². The molecule has 2 saturated heterocycles. The third-order valence-electron chi connectivity index (χ3n) is 4.81. The van der Waals surface area contributed by atoms with Crippen molar-refractivity contribution < 1.29 is 4.79 Å². The van der Waals surface area contributed by atoms with E-state index < -0.39 is 0 Å². The molecule has 0 aliphatic carbocycles. The third-order valence-corrected chi connectivity index (χ3v) is 4.81. The van der Waals surface area contributed by atoms with Crippen molar-refractivity contribution >= 4 is 5.91 Å². The number of amides is 1. The van der Waals surface area contributed by atoms with E-state index in [0.717, 1.165) is 39.0 Å². The smallest absolute Gasteiger partial charge is 0.229 e. The van der Waals surface area contributed by atoms with Crippen molar-refractivity contribution in [3.8, 4) is 0 Å². The van der Waals surface area contributed by atoms with Crippen LogP contribution in [0.4, 0.5) is 0 Å². The van der Waals surface area contributed by atoms with Gasteiger partial charge in [0.2, 0.25) is 5.91 Å². The van der Waals surface area contributed by atoms with Crippen LogP contribution in [0.25, 0.3) is 0 Å². The number of nitrogens with one attached hydrogen (secondary N) is 1. The molecule has 1 amide bonds. The summed E-state index contributed by atoms with van der Waals surface area (Å²) in [6, 6.07) is 0. The number of hydrogen-bond acceptors (Lipinski definition) is 2. The zero-order valence-corrected chi connectivity index (χ0v) is 12.4. The molecule has 0 radical (unpaired) electrons. The summed E-state index contributed by atoms with van der Waals surface area (Å²) in [7, 11) is 0. The van der Waals surface area contributed by atoms with Crippen molar-refractivity contribution in [2.24, 2.45) is 16.7 Å². The van der Waals surface area contributed by atoms with E-state index in [9.17, 15) is 4.79 Å².